The van der Waals surface area contributed by atoms with Gasteiger partial charge < -0.3 is 4.90 Å². The van der Waals surface area contributed by atoms with E-state index < -0.39 is 0 Å². The first-order valence-electron chi connectivity index (χ1n) is 5.17. The molecule has 1 aromatic carbocycles. The minimum absolute atomic E-state index is 1.05. The predicted molar refractivity (Wildman–Crippen MR) is 78.2 cm³/mol. The van der Waals surface area contributed by atoms with E-state index in [-0.39, 0.29) is 0 Å². The fourth-order valence-electron chi connectivity index (χ4n) is 1.68. The summed E-state index contributed by atoms with van der Waals surface area (Å²) in [6.07, 6.45) is 4.25. The number of rotatable bonds is 1. The molecule has 0 radical (unpaired) electrons. The molecular weight excluding hydrogens is 309 g/mol. The van der Waals surface area contributed by atoms with E-state index >= 15 is 0 Å². The largest absolute Gasteiger partial charge is 0.344 e. The summed E-state index contributed by atoms with van der Waals surface area (Å²) in [5.74, 6) is 0. The lowest BCUT2D eigenvalue weighted by Gasteiger charge is -2.27. The second-order valence-electron chi connectivity index (χ2n) is 3.94. The van der Waals surface area contributed by atoms with Crippen molar-refractivity contribution >= 4 is 28.3 Å². The Labute approximate surface area is 110 Å². The Hall–Kier alpha value is -1.03. The molecule has 0 bridgehead atoms. The van der Waals surface area contributed by atoms with Crippen LogP contribution in [0.25, 0.3) is 5.70 Å². The van der Waals surface area contributed by atoms with Gasteiger partial charge in [0, 0.05) is 22.0 Å². The molecule has 1 aromatic rings. The quantitative estimate of drug-likeness (QED) is 0.703. The number of hydrogen-bond acceptors (Lipinski definition) is 1. The monoisotopic (exact) mass is 323 g/mol. The van der Waals surface area contributed by atoms with Crippen molar-refractivity contribution < 1.29 is 0 Å². The number of halogens is 1. The zero-order valence-electron chi connectivity index (χ0n) is 9.50. The molecule has 1 aliphatic heterocycles. The van der Waals surface area contributed by atoms with Crippen LogP contribution in [0.1, 0.15) is 11.1 Å². The van der Waals surface area contributed by atoms with Gasteiger partial charge in [-0.3, -0.25) is 0 Å². The summed E-state index contributed by atoms with van der Waals surface area (Å²) >= 11 is 2.31. The Balaban J connectivity index is 2.42. The fraction of sp³-hybridized carbons (Fsp3) is 0.143. The van der Waals surface area contributed by atoms with E-state index in [9.17, 15) is 0 Å². The maximum atomic E-state index is 4.08. The predicted octanol–water partition coefficient (Wildman–Crippen LogP) is 4.11. The van der Waals surface area contributed by atoms with Gasteiger partial charge in [-0.25, -0.2) is 0 Å². The maximum Gasteiger partial charge on any atom is 0.0482 e. The van der Waals surface area contributed by atoms with Crippen LogP contribution >= 0.6 is 22.6 Å². The number of benzene rings is 1. The van der Waals surface area contributed by atoms with E-state index in [2.05, 4.69) is 84.5 Å². The molecule has 0 atom stereocenters. The minimum Gasteiger partial charge on any atom is -0.344 e. The molecule has 0 saturated carbocycles. The van der Waals surface area contributed by atoms with Crippen LogP contribution < -0.4 is 0 Å². The Kier molecular flexibility index (Phi) is 3.19. The summed E-state index contributed by atoms with van der Waals surface area (Å²) in [5, 5.41) is 0. The van der Waals surface area contributed by atoms with Gasteiger partial charge in [-0.1, -0.05) is 36.4 Å². The van der Waals surface area contributed by atoms with Gasteiger partial charge in [0.2, 0.25) is 0 Å². The third-order valence-electron chi connectivity index (χ3n) is 2.78. The molecule has 1 aliphatic rings. The van der Waals surface area contributed by atoms with Crippen molar-refractivity contribution in [3.8, 4) is 0 Å². The average molecular weight is 323 g/mol. The molecule has 2 heteroatoms. The van der Waals surface area contributed by atoms with Crippen LogP contribution in [0, 0.1) is 6.92 Å². The lowest BCUT2D eigenvalue weighted by atomic mass is 10.1. The van der Waals surface area contributed by atoms with Gasteiger partial charge >= 0.3 is 0 Å². The van der Waals surface area contributed by atoms with Crippen molar-refractivity contribution in [3.05, 3.63) is 63.4 Å². The van der Waals surface area contributed by atoms with Crippen LogP contribution in [-0.4, -0.2) is 11.9 Å². The van der Waals surface area contributed by atoms with Crippen molar-refractivity contribution in [2.75, 3.05) is 7.05 Å². The first-order valence-corrected chi connectivity index (χ1v) is 6.25. The normalized spacial score (nSPS) is 15.9. The van der Waals surface area contributed by atoms with Crippen molar-refractivity contribution in [1.29, 1.82) is 0 Å². The number of likely N-dealkylation sites (N-methyl/N-ethyl adjacent to an activating group) is 1. The number of nitrogens with zero attached hydrogens (tertiary/aromatic N) is 1. The van der Waals surface area contributed by atoms with Crippen LogP contribution in [0.2, 0.25) is 0 Å². The zero-order valence-corrected chi connectivity index (χ0v) is 11.7. The third kappa shape index (κ3) is 2.07. The summed E-state index contributed by atoms with van der Waals surface area (Å²) in [6.45, 7) is 6.18. The first kappa shape index (κ1) is 11.5. The van der Waals surface area contributed by atoms with Gasteiger partial charge in [0.25, 0.3) is 0 Å². The van der Waals surface area contributed by atoms with Crippen molar-refractivity contribution in [2.24, 2.45) is 0 Å². The van der Waals surface area contributed by atoms with Gasteiger partial charge in [0.1, 0.15) is 0 Å². The molecule has 16 heavy (non-hydrogen) atoms. The van der Waals surface area contributed by atoms with Crippen molar-refractivity contribution in [2.45, 2.75) is 6.92 Å². The molecule has 0 aliphatic carbocycles. The Morgan fingerprint density at radius 1 is 1.12 bits per heavy atom. The number of hydrogen-bond donors (Lipinski definition) is 0. The van der Waals surface area contributed by atoms with E-state index in [4.69, 9.17) is 0 Å². The van der Waals surface area contributed by atoms with Crippen LogP contribution in [0.4, 0.5) is 0 Å². The molecule has 0 fully saturated rings. The Bertz CT molecular complexity index is 480. The van der Waals surface area contributed by atoms with E-state index in [1.165, 1.54) is 20.4 Å². The smallest absolute Gasteiger partial charge is 0.0482 e. The summed E-state index contributed by atoms with van der Waals surface area (Å²) in [6, 6.07) is 8.57. The molecule has 0 unspecified atom stereocenters. The molecule has 0 N–H and O–H groups in total. The van der Waals surface area contributed by atoms with E-state index in [0.29, 0.717) is 0 Å². The molecule has 0 aromatic heterocycles. The summed E-state index contributed by atoms with van der Waals surface area (Å²) in [4.78, 5) is 2.13. The SMILES string of the molecule is C=C1C(I)=CC=C(c2ccc(C)cc2)N1C. The van der Waals surface area contributed by atoms with Crippen LogP contribution in [0.15, 0.2) is 52.3 Å². The van der Waals surface area contributed by atoms with Crippen LogP contribution in [0.5, 0.6) is 0 Å². The van der Waals surface area contributed by atoms with Gasteiger partial charge in [0.05, 0.1) is 0 Å². The number of aryl methyl sites for hydroxylation is 1. The molecule has 0 amide bonds. The molecule has 2 rings (SSSR count). The van der Waals surface area contributed by atoms with E-state index in [1.54, 1.807) is 0 Å². The lowest BCUT2D eigenvalue weighted by molar-refractivity contribution is 0.614. The zero-order chi connectivity index (χ0) is 11.7. The molecule has 1 heterocycles. The van der Waals surface area contributed by atoms with Crippen molar-refractivity contribution in [3.63, 3.8) is 0 Å². The van der Waals surface area contributed by atoms with Gasteiger partial charge in [-0.05, 0) is 47.2 Å². The molecular formula is C14H14IN. The molecule has 0 saturated heterocycles. The minimum atomic E-state index is 1.05. The van der Waals surface area contributed by atoms with E-state index in [0.717, 1.165) is 5.70 Å². The average Bonchev–Trinajstić information content (AvgIpc) is 2.28. The molecule has 0 spiro atoms. The second-order valence-corrected chi connectivity index (χ2v) is 5.10. The highest BCUT2D eigenvalue weighted by Gasteiger charge is 2.15. The first-order chi connectivity index (χ1) is 7.59. The standard InChI is InChI=1S/C14H14IN/c1-10-4-6-12(7-5-10)14-9-8-13(15)11(2)16(14)3/h4-9H,2H2,1,3H3. The highest BCUT2D eigenvalue weighted by atomic mass is 127. The van der Waals surface area contributed by atoms with Gasteiger partial charge in [-0.15, -0.1) is 0 Å². The Morgan fingerprint density at radius 2 is 1.75 bits per heavy atom. The summed E-state index contributed by atoms with van der Waals surface area (Å²) < 4.78 is 1.19. The highest BCUT2D eigenvalue weighted by molar-refractivity contribution is 14.1. The lowest BCUT2D eigenvalue weighted by Crippen LogP contribution is -2.17. The Morgan fingerprint density at radius 3 is 2.38 bits per heavy atom. The highest BCUT2D eigenvalue weighted by Crippen LogP contribution is 2.31. The molecule has 1 nitrogen and oxygen atoms in total. The second kappa shape index (κ2) is 4.45. The summed E-state index contributed by atoms with van der Waals surface area (Å²) in [7, 11) is 2.06. The van der Waals surface area contributed by atoms with Crippen molar-refractivity contribution in [1.82, 2.24) is 4.90 Å². The topological polar surface area (TPSA) is 3.24 Å². The van der Waals surface area contributed by atoms with Crippen LogP contribution in [-0.2, 0) is 0 Å². The fourth-order valence-corrected chi connectivity index (χ4v) is 2.22. The summed E-state index contributed by atoms with van der Waals surface area (Å²) in [5.41, 5.74) is 4.77. The maximum absolute atomic E-state index is 4.08. The molecule has 82 valence electrons. The van der Waals surface area contributed by atoms with Gasteiger partial charge in [0.15, 0.2) is 0 Å². The van der Waals surface area contributed by atoms with Gasteiger partial charge in [-0.2, -0.15) is 0 Å². The van der Waals surface area contributed by atoms with Crippen LogP contribution in [0.3, 0.4) is 0 Å². The van der Waals surface area contributed by atoms with E-state index in [1.807, 2.05) is 0 Å². The number of allylic oxidation sites excluding steroid dienone is 3. The third-order valence-corrected chi connectivity index (χ3v) is 3.76.